The van der Waals surface area contributed by atoms with E-state index < -0.39 is 27.9 Å². The predicted octanol–water partition coefficient (Wildman–Crippen LogP) is 7.00. The minimum Gasteiger partial charge on any atom is -0.423 e. The monoisotopic (exact) mass is 687 g/mol. The van der Waals surface area contributed by atoms with Gasteiger partial charge in [-0.05, 0) is 97.1 Å². The van der Waals surface area contributed by atoms with E-state index in [4.69, 9.17) is 32.7 Å². The van der Waals surface area contributed by atoms with E-state index in [2.05, 4.69) is 15.2 Å². The lowest BCUT2D eigenvalue weighted by molar-refractivity contribution is 0.0731. The lowest BCUT2D eigenvalue weighted by atomic mass is 10.2. The van der Waals surface area contributed by atoms with Gasteiger partial charge in [0.1, 0.15) is 11.5 Å². The van der Waals surface area contributed by atoms with Crippen LogP contribution < -0.4 is 19.6 Å². The molecule has 13 heteroatoms. The first-order chi connectivity index (χ1) is 22.6. The minimum atomic E-state index is -3.80. The van der Waals surface area contributed by atoms with Gasteiger partial charge in [-0.1, -0.05) is 41.4 Å². The van der Waals surface area contributed by atoms with Crippen molar-refractivity contribution in [3.05, 3.63) is 154 Å². The highest BCUT2D eigenvalue weighted by atomic mass is 35.5. The summed E-state index contributed by atoms with van der Waals surface area (Å²) >= 11 is 11.8. The number of esters is 2. The van der Waals surface area contributed by atoms with Crippen molar-refractivity contribution in [2.75, 3.05) is 4.72 Å². The van der Waals surface area contributed by atoms with Crippen molar-refractivity contribution >= 4 is 63.0 Å². The van der Waals surface area contributed by atoms with E-state index in [1.807, 2.05) is 0 Å². The van der Waals surface area contributed by atoms with Crippen molar-refractivity contribution in [3.63, 3.8) is 0 Å². The van der Waals surface area contributed by atoms with Gasteiger partial charge in [0.2, 0.25) is 0 Å². The fourth-order valence-electron chi connectivity index (χ4n) is 4.00. The molecule has 47 heavy (non-hydrogen) atoms. The highest BCUT2D eigenvalue weighted by Crippen LogP contribution is 2.26. The number of halogens is 2. The van der Waals surface area contributed by atoms with Crippen molar-refractivity contribution < 1.29 is 32.3 Å². The van der Waals surface area contributed by atoms with Gasteiger partial charge in [0, 0.05) is 32.9 Å². The predicted molar refractivity (Wildman–Crippen MR) is 178 cm³/mol. The molecule has 0 aliphatic heterocycles. The lowest BCUT2D eigenvalue weighted by Gasteiger charge is -2.11. The Labute approximate surface area is 279 Å². The number of carbonyl (C=O) groups excluding carboxylic acids is 3. The van der Waals surface area contributed by atoms with Crippen LogP contribution in [0.5, 0.6) is 11.5 Å². The summed E-state index contributed by atoms with van der Waals surface area (Å²) in [6.45, 7) is 0. The van der Waals surface area contributed by atoms with Crippen molar-refractivity contribution in [2.45, 2.75) is 4.90 Å². The molecular formula is C34H23Cl2N3O7S. The molecule has 0 spiro atoms. The fraction of sp³-hybridized carbons (Fsp3) is 0. The van der Waals surface area contributed by atoms with E-state index in [9.17, 15) is 22.8 Å². The van der Waals surface area contributed by atoms with Gasteiger partial charge in [-0.2, -0.15) is 5.10 Å². The third-order valence-corrected chi connectivity index (χ3v) is 8.28. The molecule has 0 unspecified atom stereocenters. The highest BCUT2D eigenvalue weighted by molar-refractivity contribution is 7.92. The average Bonchev–Trinajstić information content (AvgIpc) is 3.07. The summed E-state index contributed by atoms with van der Waals surface area (Å²) < 4.78 is 38.6. The Bertz CT molecular complexity index is 2050. The normalized spacial score (nSPS) is 11.1. The van der Waals surface area contributed by atoms with Crippen LogP contribution in [-0.2, 0) is 10.0 Å². The van der Waals surface area contributed by atoms with E-state index >= 15 is 0 Å². The van der Waals surface area contributed by atoms with Crippen LogP contribution in [0.15, 0.2) is 131 Å². The highest BCUT2D eigenvalue weighted by Gasteiger charge is 2.16. The van der Waals surface area contributed by atoms with E-state index in [0.717, 1.165) is 0 Å². The molecular weight excluding hydrogens is 665 g/mol. The summed E-state index contributed by atoms with van der Waals surface area (Å²) in [6.07, 6.45) is 1.25. The number of amides is 1. The Balaban J connectivity index is 1.30. The standard InChI is InChI=1S/C34H23Cl2N3O7S/c35-26-13-6-23(7-14-26)33(41)45-29-19-12-25(31(20-29)46-34(42)24-8-15-27(36)16-9-24)21-37-38-32(40)22-10-17-28(18-11-22)39-47(43,44)30-4-2-1-3-5-30/h1-21,39H,(H,38,40)/b37-21+. The number of nitrogens with one attached hydrogen (secondary N) is 2. The number of rotatable bonds is 10. The van der Waals surface area contributed by atoms with Gasteiger partial charge in [0.25, 0.3) is 15.9 Å². The number of nitrogens with zero attached hydrogens (tertiary/aromatic N) is 1. The third kappa shape index (κ3) is 8.82. The molecule has 0 fully saturated rings. The molecule has 0 saturated heterocycles. The van der Waals surface area contributed by atoms with Crippen LogP contribution in [0.3, 0.4) is 0 Å². The van der Waals surface area contributed by atoms with Crippen LogP contribution in [0.25, 0.3) is 0 Å². The van der Waals surface area contributed by atoms with Gasteiger partial charge in [0.15, 0.2) is 0 Å². The molecule has 0 aromatic heterocycles. The molecule has 0 bridgehead atoms. The molecule has 0 aliphatic rings. The first-order valence-corrected chi connectivity index (χ1v) is 15.9. The van der Waals surface area contributed by atoms with Gasteiger partial charge >= 0.3 is 11.9 Å². The number of benzene rings is 5. The molecule has 5 rings (SSSR count). The molecule has 0 radical (unpaired) electrons. The summed E-state index contributed by atoms with van der Waals surface area (Å²) in [5.74, 6) is -1.91. The molecule has 0 aliphatic carbocycles. The van der Waals surface area contributed by atoms with Crippen LogP contribution in [0, 0.1) is 0 Å². The van der Waals surface area contributed by atoms with Gasteiger partial charge < -0.3 is 9.47 Å². The average molecular weight is 689 g/mol. The molecule has 0 atom stereocenters. The fourth-order valence-corrected chi connectivity index (χ4v) is 5.33. The Morgan fingerprint density at radius 3 is 1.81 bits per heavy atom. The number of carbonyl (C=O) groups is 3. The number of ether oxygens (including phenoxy) is 2. The van der Waals surface area contributed by atoms with Crippen molar-refractivity contribution in [1.82, 2.24) is 5.43 Å². The molecule has 2 N–H and O–H groups in total. The zero-order chi connectivity index (χ0) is 33.4. The van der Waals surface area contributed by atoms with Crippen molar-refractivity contribution in [1.29, 1.82) is 0 Å². The Kier molecular flexibility index (Phi) is 10.3. The summed E-state index contributed by atoms with van der Waals surface area (Å²) in [5, 5.41) is 4.86. The second-order valence-corrected chi connectivity index (χ2v) is 12.2. The lowest BCUT2D eigenvalue weighted by Crippen LogP contribution is -2.18. The van der Waals surface area contributed by atoms with Crippen molar-refractivity contribution in [2.24, 2.45) is 5.10 Å². The van der Waals surface area contributed by atoms with E-state index in [0.29, 0.717) is 10.0 Å². The molecule has 236 valence electrons. The van der Waals surface area contributed by atoms with Crippen LogP contribution in [0.1, 0.15) is 36.6 Å². The van der Waals surface area contributed by atoms with E-state index in [1.165, 1.54) is 97.2 Å². The Hall–Kier alpha value is -5.49. The first-order valence-electron chi connectivity index (χ1n) is 13.7. The number of anilines is 1. The van der Waals surface area contributed by atoms with Crippen LogP contribution in [0.4, 0.5) is 5.69 Å². The summed E-state index contributed by atoms with van der Waals surface area (Å²) in [6, 6.07) is 30.0. The third-order valence-electron chi connectivity index (χ3n) is 6.38. The molecule has 0 heterocycles. The number of hydrazone groups is 1. The van der Waals surface area contributed by atoms with Gasteiger partial charge in [0.05, 0.1) is 22.2 Å². The maximum atomic E-state index is 12.9. The Morgan fingerprint density at radius 1 is 0.660 bits per heavy atom. The quantitative estimate of drug-likeness (QED) is 0.0697. The zero-order valence-electron chi connectivity index (χ0n) is 24.1. The zero-order valence-corrected chi connectivity index (χ0v) is 26.4. The van der Waals surface area contributed by atoms with E-state index in [-0.39, 0.29) is 44.3 Å². The second kappa shape index (κ2) is 14.7. The van der Waals surface area contributed by atoms with Gasteiger partial charge in [-0.15, -0.1) is 0 Å². The second-order valence-electron chi connectivity index (χ2n) is 9.69. The smallest absolute Gasteiger partial charge is 0.343 e. The largest absolute Gasteiger partial charge is 0.423 e. The Morgan fingerprint density at radius 2 is 1.21 bits per heavy atom. The SMILES string of the molecule is O=C(N/N=C/c1ccc(OC(=O)c2ccc(Cl)cc2)cc1OC(=O)c1ccc(Cl)cc1)c1ccc(NS(=O)(=O)c2ccccc2)cc1. The number of hydrogen-bond donors (Lipinski definition) is 2. The maximum absolute atomic E-state index is 12.9. The van der Waals surface area contributed by atoms with Gasteiger partial charge in [-0.25, -0.2) is 23.4 Å². The van der Waals surface area contributed by atoms with Crippen LogP contribution in [-0.4, -0.2) is 32.5 Å². The topological polar surface area (TPSA) is 140 Å². The van der Waals surface area contributed by atoms with Crippen LogP contribution >= 0.6 is 23.2 Å². The maximum Gasteiger partial charge on any atom is 0.343 e. The van der Waals surface area contributed by atoms with E-state index in [1.54, 1.807) is 30.3 Å². The van der Waals surface area contributed by atoms with Crippen LogP contribution in [0.2, 0.25) is 10.0 Å². The minimum absolute atomic E-state index is 0.0144. The number of sulfonamides is 1. The summed E-state index contributed by atoms with van der Waals surface area (Å²) in [4.78, 5) is 38.4. The van der Waals surface area contributed by atoms with Gasteiger partial charge in [-0.3, -0.25) is 9.52 Å². The first kappa shape index (κ1) is 32.9. The molecule has 5 aromatic carbocycles. The molecule has 1 amide bonds. The number of hydrogen-bond acceptors (Lipinski definition) is 8. The summed E-state index contributed by atoms with van der Waals surface area (Å²) in [5.41, 5.74) is 3.57. The molecule has 10 nitrogen and oxygen atoms in total. The molecule has 5 aromatic rings. The molecule has 0 saturated carbocycles. The van der Waals surface area contributed by atoms with Crippen molar-refractivity contribution in [3.8, 4) is 11.5 Å². The summed E-state index contributed by atoms with van der Waals surface area (Å²) in [7, 11) is -3.80.